The number of thioether (sulfide) groups is 1. The summed E-state index contributed by atoms with van der Waals surface area (Å²) < 4.78 is 0.895. The van der Waals surface area contributed by atoms with Crippen molar-refractivity contribution in [2.45, 2.75) is 0 Å². The van der Waals surface area contributed by atoms with Crippen molar-refractivity contribution in [2.24, 2.45) is 0 Å². The molecule has 0 aliphatic carbocycles. The molecule has 1 aromatic heterocycles. The lowest BCUT2D eigenvalue weighted by atomic mass is 10.2. The Morgan fingerprint density at radius 3 is 2.42 bits per heavy atom. The quantitative estimate of drug-likeness (QED) is 0.612. The van der Waals surface area contributed by atoms with Gasteiger partial charge < -0.3 is 10.6 Å². The van der Waals surface area contributed by atoms with Gasteiger partial charge in [-0.1, -0.05) is 40.2 Å². The number of rotatable bonds is 6. The van der Waals surface area contributed by atoms with Crippen LogP contribution in [-0.4, -0.2) is 28.3 Å². The fraction of sp³-hybridized carbons (Fsp3) is 0.105. The number of pyridine rings is 1. The van der Waals surface area contributed by atoms with Gasteiger partial charge in [0, 0.05) is 15.5 Å². The van der Waals surface area contributed by atoms with E-state index in [-0.39, 0.29) is 23.3 Å². The monoisotopic (exact) mass is 429 g/mol. The number of para-hydroxylation sites is 1. The molecule has 2 N–H and O–H groups in total. The van der Waals surface area contributed by atoms with E-state index in [0.717, 1.165) is 21.1 Å². The molecule has 0 saturated carbocycles. The van der Waals surface area contributed by atoms with Crippen LogP contribution in [-0.2, 0) is 9.59 Å². The Morgan fingerprint density at radius 1 is 0.923 bits per heavy atom. The number of carbonyl (C=O) groups excluding carboxylic acids is 2. The number of carbonyl (C=O) groups is 2. The predicted molar refractivity (Wildman–Crippen MR) is 110 cm³/mol. The Hall–Kier alpha value is -2.38. The molecule has 0 aliphatic rings. The van der Waals surface area contributed by atoms with Crippen LogP contribution in [0, 0.1) is 0 Å². The number of fused-ring (bicyclic) bond motifs is 1. The fourth-order valence-electron chi connectivity index (χ4n) is 2.34. The summed E-state index contributed by atoms with van der Waals surface area (Å²) in [5, 5.41) is 6.56. The number of amides is 2. The molecule has 0 spiro atoms. The van der Waals surface area contributed by atoms with Crippen LogP contribution in [0.25, 0.3) is 10.9 Å². The summed E-state index contributed by atoms with van der Waals surface area (Å²) in [5.41, 5.74) is 2.24. The second kappa shape index (κ2) is 8.82. The second-order valence-corrected chi connectivity index (χ2v) is 7.42. The molecular weight excluding hydrogens is 414 g/mol. The van der Waals surface area contributed by atoms with Crippen molar-refractivity contribution in [1.82, 2.24) is 4.98 Å². The number of nitrogens with zero attached hydrogens (tertiary/aromatic N) is 1. The molecule has 0 saturated heterocycles. The Morgan fingerprint density at radius 2 is 1.65 bits per heavy atom. The van der Waals surface area contributed by atoms with Gasteiger partial charge in [0.25, 0.3) is 0 Å². The van der Waals surface area contributed by atoms with E-state index in [1.165, 1.54) is 11.8 Å². The average Bonchev–Trinajstić information content (AvgIpc) is 2.61. The molecule has 0 atom stereocenters. The predicted octanol–water partition coefficient (Wildman–Crippen LogP) is 4.31. The van der Waals surface area contributed by atoms with Gasteiger partial charge in [0.2, 0.25) is 11.8 Å². The highest BCUT2D eigenvalue weighted by atomic mass is 79.9. The molecule has 2 aromatic carbocycles. The van der Waals surface area contributed by atoms with Gasteiger partial charge in [0.15, 0.2) is 0 Å². The van der Waals surface area contributed by atoms with Crippen molar-refractivity contribution >= 4 is 61.8 Å². The summed E-state index contributed by atoms with van der Waals surface area (Å²) in [7, 11) is 0. The summed E-state index contributed by atoms with van der Waals surface area (Å²) in [4.78, 5) is 28.3. The van der Waals surface area contributed by atoms with E-state index in [9.17, 15) is 9.59 Å². The third-order valence-electron chi connectivity index (χ3n) is 3.45. The molecule has 0 unspecified atom stereocenters. The summed E-state index contributed by atoms with van der Waals surface area (Å²) in [5.74, 6) is 0.0878. The standard InChI is InChI=1S/C19H16BrN3O2S/c20-14-5-3-6-15(9-14)22-18(24)11-26-12-19(25)23-16-8-13-4-1-2-7-17(13)21-10-16/h1-10H,11-12H2,(H,22,24)(H,23,25). The minimum absolute atomic E-state index is 0.145. The molecule has 2 amide bonds. The summed E-state index contributed by atoms with van der Waals surface area (Å²) in [6.45, 7) is 0. The number of hydrogen-bond acceptors (Lipinski definition) is 4. The molecule has 3 rings (SSSR count). The first-order chi connectivity index (χ1) is 12.6. The normalized spacial score (nSPS) is 10.5. The highest BCUT2D eigenvalue weighted by Crippen LogP contribution is 2.17. The van der Waals surface area contributed by atoms with E-state index < -0.39 is 0 Å². The van der Waals surface area contributed by atoms with E-state index in [4.69, 9.17) is 0 Å². The SMILES string of the molecule is O=C(CSCC(=O)Nc1cnc2ccccc2c1)Nc1cccc(Br)c1. The number of anilines is 2. The molecule has 0 fully saturated rings. The highest BCUT2D eigenvalue weighted by molar-refractivity contribution is 9.10. The van der Waals surface area contributed by atoms with Crippen LogP contribution in [0.2, 0.25) is 0 Å². The minimum atomic E-state index is -0.165. The maximum Gasteiger partial charge on any atom is 0.234 e. The van der Waals surface area contributed by atoms with E-state index in [2.05, 4.69) is 31.5 Å². The molecule has 7 heteroatoms. The van der Waals surface area contributed by atoms with Gasteiger partial charge in [-0.25, -0.2) is 0 Å². The van der Waals surface area contributed by atoms with E-state index >= 15 is 0 Å². The number of benzene rings is 2. The number of nitrogens with one attached hydrogen (secondary N) is 2. The van der Waals surface area contributed by atoms with Gasteiger partial charge in [0.1, 0.15) is 0 Å². The van der Waals surface area contributed by atoms with Gasteiger partial charge in [-0.05, 0) is 30.3 Å². The van der Waals surface area contributed by atoms with E-state index in [0.29, 0.717) is 5.69 Å². The lowest BCUT2D eigenvalue weighted by Crippen LogP contribution is -2.18. The maximum atomic E-state index is 12.0. The van der Waals surface area contributed by atoms with Crippen LogP contribution in [0.5, 0.6) is 0 Å². The Bertz CT molecular complexity index is 949. The van der Waals surface area contributed by atoms with Crippen molar-refractivity contribution in [3.63, 3.8) is 0 Å². The average molecular weight is 430 g/mol. The first kappa shape index (κ1) is 18.4. The Labute approximate surface area is 163 Å². The molecule has 3 aromatic rings. The third kappa shape index (κ3) is 5.31. The zero-order valence-corrected chi connectivity index (χ0v) is 16.1. The summed E-state index contributed by atoms with van der Waals surface area (Å²) in [6.07, 6.45) is 1.63. The molecule has 1 heterocycles. The first-order valence-electron chi connectivity index (χ1n) is 7.88. The molecule has 0 radical (unpaired) electrons. The molecule has 0 aliphatic heterocycles. The fourth-order valence-corrected chi connectivity index (χ4v) is 3.35. The second-order valence-electron chi connectivity index (χ2n) is 5.52. The van der Waals surface area contributed by atoms with Gasteiger partial charge >= 0.3 is 0 Å². The lowest BCUT2D eigenvalue weighted by molar-refractivity contribution is -0.114. The van der Waals surface area contributed by atoms with Crippen LogP contribution >= 0.6 is 27.7 Å². The first-order valence-corrected chi connectivity index (χ1v) is 9.83. The highest BCUT2D eigenvalue weighted by Gasteiger charge is 2.07. The van der Waals surface area contributed by atoms with Crippen molar-refractivity contribution in [3.05, 3.63) is 65.3 Å². The van der Waals surface area contributed by atoms with Gasteiger partial charge in [-0.2, -0.15) is 0 Å². The van der Waals surface area contributed by atoms with Crippen LogP contribution in [0.15, 0.2) is 65.3 Å². The van der Waals surface area contributed by atoms with E-state index in [1.54, 1.807) is 6.20 Å². The third-order valence-corrected chi connectivity index (χ3v) is 4.87. The van der Waals surface area contributed by atoms with Gasteiger partial charge in [0.05, 0.1) is 28.9 Å². The molecule has 0 bridgehead atoms. The van der Waals surface area contributed by atoms with Crippen LogP contribution in [0.3, 0.4) is 0 Å². The van der Waals surface area contributed by atoms with E-state index in [1.807, 2.05) is 54.6 Å². The number of aromatic nitrogens is 1. The molecular formula is C19H16BrN3O2S. The zero-order chi connectivity index (χ0) is 18.4. The smallest absolute Gasteiger partial charge is 0.234 e. The summed E-state index contributed by atoms with van der Waals surface area (Å²) >= 11 is 4.62. The van der Waals surface area contributed by atoms with Crippen molar-refractivity contribution in [2.75, 3.05) is 22.1 Å². The maximum absolute atomic E-state index is 12.0. The molecule has 132 valence electrons. The topological polar surface area (TPSA) is 71.1 Å². The summed E-state index contributed by atoms with van der Waals surface area (Å²) in [6, 6.07) is 17.0. The largest absolute Gasteiger partial charge is 0.325 e. The van der Waals surface area contributed by atoms with Gasteiger partial charge in [-0.15, -0.1) is 11.8 Å². The van der Waals surface area contributed by atoms with Crippen molar-refractivity contribution < 1.29 is 9.59 Å². The van der Waals surface area contributed by atoms with Gasteiger partial charge in [-0.3, -0.25) is 14.6 Å². The van der Waals surface area contributed by atoms with Crippen molar-refractivity contribution in [1.29, 1.82) is 0 Å². The Kier molecular flexibility index (Phi) is 6.25. The Balaban J connectivity index is 1.45. The number of hydrogen-bond donors (Lipinski definition) is 2. The zero-order valence-electron chi connectivity index (χ0n) is 13.7. The number of halogens is 1. The lowest BCUT2D eigenvalue weighted by Gasteiger charge is -2.07. The minimum Gasteiger partial charge on any atom is -0.325 e. The van der Waals surface area contributed by atoms with Crippen LogP contribution in [0.4, 0.5) is 11.4 Å². The van der Waals surface area contributed by atoms with Crippen molar-refractivity contribution in [3.8, 4) is 0 Å². The van der Waals surface area contributed by atoms with Crippen LogP contribution < -0.4 is 10.6 Å². The molecule has 5 nitrogen and oxygen atoms in total. The molecule has 26 heavy (non-hydrogen) atoms. The van der Waals surface area contributed by atoms with Crippen LogP contribution in [0.1, 0.15) is 0 Å².